The number of aryl methyl sites for hydroxylation is 1. The maximum absolute atomic E-state index is 14.1. The molecule has 0 spiro atoms. The van der Waals surface area contributed by atoms with Gasteiger partial charge in [0.15, 0.2) is 5.82 Å². The first-order valence-corrected chi connectivity index (χ1v) is 13.9. The summed E-state index contributed by atoms with van der Waals surface area (Å²) in [5.74, 6) is 0.307. The van der Waals surface area contributed by atoms with E-state index in [4.69, 9.17) is 10.1 Å². The third-order valence-corrected chi connectivity index (χ3v) is 8.42. The van der Waals surface area contributed by atoms with E-state index >= 15 is 0 Å². The summed E-state index contributed by atoms with van der Waals surface area (Å²) in [6.07, 6.45) is 1.85. The Bertz CT molecular complexity index is 1840. The number of fused-ring (bicyclic) bond motifs is 1. The zero-order valence-corrected chi connectivity index (χ0v) is 22.2. The van der Waals surface area contributed by atoms with Crippen LogP contribution >= 0.6 is 15.9 Å². The number of para-hydroxylation sites is 3. The van der Waals surface area contributed by atoms with Crippen molar-refractivity contribution in [3.05, 3.63) is 119 Å². The van der Waals surface area contributed by atoms with Crippen LogP contribution in [0.3, 0.4) is 0 Å². The smallest absolute Gasteiger partial charge is 0.240 e. The largest absolute Gasteiger partial charge is 0.269 e. The Morgan fingerprint density at radius 1 is 0.784 bits per heavy atom. The highest BCUT2D eigenvalue weighted by atomic mass is 79.9. The molecule has 6 nitrogen and oxygen atoms in total. The van der Waals surface area contributed by atoms with Gasteiger partial charge in [0.25, 0.3) is 10.0 Å². The Hall–Kier alpha value is -4.01. The van der Waals surface area contributed by atoms with E-state index in [1.54, 1.807) is 35.0 Å². The summed E-state index contributed by atoms with van der Waals surface area (Å²) >= 11 is 3.39. The lowest BCUT2D eigenvalue weighted by Gasteiger charge is -2.11. The molecule has 6 rings (SSSR count). The van der Waals surface area contributed by atoms with Crippen molar-refractivity contribution in [3.63, 3.8) is 0 Å². The van der Waals surface area contributed by atoms with Gasteiger partial charge in [-0.1, -0.05) is 76.1 Å². The molecule has 0 bridgehead atoms. The fourth-order valence-corrected chi connectivity index (χ4v) is 6.04. The second-order valence-electron chi connectivity index (χ2n) is 8.69. The van der Waals surface area contributed by atoms with E-state index in [1.807, 2.05) is 85.9 Å². The van der Waals surface area contributed by atoms with E-state index in [2.05, 4.69) is 15.9 Å². The summed E-state index contributed by atoms with van der Waals surface area (Å²) < 4.78 is 32.0. The first kappa shape index (κ1) is 23.4. The van der Waals surface area contributed by atoms with Gasteiger partial charge in [-0.2, -0.15) is 5.10 Å². The van der Waals surface area contributed by atoms with Crippen molar-refractivity contribution in [2.24, 2.45) is 0 Å². The third kappa shape index (κ3) is 4.18. The van der Waals surface area contributed by atoms with Crippen LogP contribution in [0.2, 0.25) is 0 Å². The normalized spacial score (nSPS) is 11.7. The highest BCUT2D eigenvalue weighted by Gasteiger charge is 2.28. The third-order valence-electron chi connectivity index (χ3n) is 6.17. The molecule has 0 aliphatic carbocycles. The van der Waals surface area contributed by atoms with Crippen molar-refractivity contribution in [3.8, 4) is 28.3 Å². The van der Waals surface area contributed by atoms with Crippen molar-refractivity contribution in [2.75, 3.05) is 0 Å². The fraction of sp³-hybridized carbons (Fsp3) is 0.0345. The topological polar surface area (TPSA) is 69.8 Å². The van der Waals surface area contributed by atoms with E-state index in [0.29, 0.717) is 28.1 Å². The Morgan fingerprint density at radius 2 is 1.46 bits per heavy atom. The van der Waals surface area contributed by atoms with Crippen LogP contribution in [0.1, 0.15) is 5.56 Å². The molecule has 0 saturated carbocycles. The molecule has 8 heteroatoms. The standard InChI is InChI=1S/C29H21BrN4O2S/c1-20-11-13-21(14-12-20)28-25(19-33(32-28)23-7-3-2-4-8-23)29-31-26-9-5-6-10-27(26)34(29)37(35,36)24-17-15-22(30)16-18-24/h2-19H,1H3. The van der Waals surface area contributed by atoms with Gasteiger partial charge >= 0.3 is 0 Å². The molecule has 0 aliphatic heterocycles. The molecule has 0 fully saturated rings. The molecule has 0 saturated heterocycles. The molecule has 0 atom stereocenters. The summed E-state index contributed by atoms with van der Waals surface area (Å²) in [5, 5.41) is 4.90. The molecule has 2 heterocycles. The van der Waals surface area contributed by atoms with Gasteiger partial charge in [-0.25, -0.2) is 22.1 Å². The number of halogens is 1. The van der Waals surface area contributed by atoms with Crippen molar-refractivity contribution in [1.29, 1.82) is 0 Å². The van der Waals surface area contributed by atoms with Crippen LogP contribution in [0.4, 0.5) is 0 Å². The highest BCUT2D eigenvalue weighted by Crippen LogP contribution is 2.36. The van der Waals surface area contributed by atoms with Crippen LogP contribution in [-0.2, 0) is 10.0 Å². The zero-order valence-electron chi connectivity index (χ0n) is 19.8. The number of benzene rings is 4. The predicted molar refractivity (Wildman–Crippen MR) is 149 cm³/mol. The van der Waals surface area contributed by atoms with Crippen LogP contribution in [0.5, 0.6) is 0 Å². The highest BCUT2D eigenvalue weighted by molar-refractivity contribution is 9.10. The quantitative estimate of drug-likeness (QED) is 0.227. The van der Waals surface area contributed by atoms with Crippen molar-refractivity contribution < 1.29 is 8.42 Å². The second kappa shape index (κ2) is 9.14. The van der Waals surface area contributed by atoms with E-state index in [-0.39, 0.29) is 4.90 Å². The average molecular weight is 569 g/mol. The lowest BCUT2D eigenvalue weighted by molar-refractivity contribution is 0.589. The van der Waals surface area contributed by atoms with Crippen molar-refractivity contribution in [2.45, 2.75) is 11.8 Å². The van der Waals surface area contributed by atoms with Gasteiger partial charge in [-0.05, 0) is 55.5 Å². The summed E-state index contributed by atoms with van der Waals surface area (Å²) in [6.45, 7) is 2.03. The number of aromatic nitrogens is 4. The van der Waals surface area contributed by atoms with E-state index in [1.165, 1.54) is 3.97 Å². The van der Waals surface area contributed by atoms with Crippen LogP contribution in [0.25, 0.3) is 39.4 Å². The van der Waals surface area contributed by atoms with Gasteiger partial charge in [0.2, 0.25) is 0 Å². The van der Waals surface area contributed by atoms with E-state index in [9.17, 15) is 8.42 Å². The van der Waals surface area contributed by atoms with Crippen molar-refractivity contribution in [1.82, 2.24) is 18.7 Å². The van der Waals surface area contributed by atoms with Crippen molar-refractivity contribution >= 4 is 37.0 Å². The van der Waals surface area contributed by atoms with Gasteiger partial charge in [-0.3, -0.25) is 0 Å². The number of rotatable bonds is 5. The SMILES string of the molecule is Cc1ccc(-c2nn(-c3ccccc3)cc2-c2nc3ccccc3n2S(=O)(=O)c2ccc(Br)cc2)cc1. The number of hydrogen-bond acceptors (Lipinski definition) is 4. The Labute approximate surface area is 223 Å². The predicted octanol–water partition coefficient (Wildman–Crippen LogP) is 6.86. The minimum Gasteiger partial charge on any atom is -0.240 e. The summed E-state index contributed by atoms with van der Waals surface area (Å²) in [6, 6.07) is 31.6. The molecule has 37 heavy (non-hydrogen) atoms. The Balaban J connectivity index is 1.66. The first-order chi connectivity index (χ1) is 17.9. The molecule has 0 radical (unpaired) electrons. The van der Waals surface area contributed by atoms with Gasteiger partial charge in [0.1, 0.15) is 5.69 Å². The maximum Gasteiger partial charge on any atom is 0.269 e. The molecule has 0 unspecified atom stereocenters. The van der Waals surface area contributed by atoms with Crippen LogP contribution in [0, 0.1) is 6.92 Å². The lowest BCUT2D eigenvalue weighted by Crippen LogP contribution is -2.14. The summed E-state index contributed by atoms with van der Waals surface area (Å²) in [4.78, 5) is 5.00. The van der Waals surface area contributed by atoms with Gasteiger partial charge in [0, 0.05) is 16.2 Å². The summed E-state index contributed by atoms with van der Waals surface area (Å²) in [7, 11) is -3.98. The van der Waals surface area contributed by atoms with E-state index in [0.717, 1.165) is 21.3 Å². The monoisotopic (exact) mass is 568 g/mol. The fourth-order valence-electron chi connectivity index (χ4n) is 4.30. The molecule has 2 aromatic heterocycles. The lowest BCUT2D eigenvalue weighted by atomic mass is 10.1. The molecule has 0 aliphatic rings. The minimum atomic E-state index is -3.98. The first-order valence-electron chi connectivity index (χ1n) is 11.6. The van der Waals surface area contributed by atoms with Crippen LogP contribution < -0.4 is 0 Å². The van der Waals surface area contributed by atoms with E-state index < -0.39 is 10.0 Å². The van der Waals surface area contributed by atoms with Gasteiger partial charge < -0.3 is 0 Å². The molecular weight excluding hydrogens is 548 g/mol. The molecule has 6 aromatic rings. The number of hydrogen-bond donors (Lipinski definition) is 0. The average Bonchev–Trinajstić information content (AvgIpc) is 3.52. The Kier molecular flexibility index (Phi) is 5.78. The summed E-state index contributed by atoms with van der Waals surface area (Å²) in [5.41, 5.74) is 5.20. The molecular formula is C29H21BrN4O2S. The molecule has 0 amide bonds. The van der Waals surface area contributed by atoms with Crippen LogP contribution in [-0.4, -0.2) is 27.2 Å². The molecule has 0 N–H and O–H groups in total. The van der Waals surface area contributed by atoms with Gasteiger partial charge in [-0.15, -0.1) is 0 Å². The zero-order chi connectivity index (χ0) is 25.6. The molecule has 182 valence electrons. The molecule has 4 aromatic carbocycles. The van der Waals surface area contributed by atoms with Gasteiger partial charge in [0.05, 0.1) is 27.2 Å². The Morgan fingerprint density at radius 3 is 2.19 bits per heavy atom. The number of nitrogens with zero attached hydrogens (tertiary/aromatic N) is 4. The van der Waals surface area contributed by atoms with Crippen LogP contribution in [0.15, 0.2) is 119 Å². The minimum absolute atomic E-state index is 0.174. The number of imidazole rings is 1. The second-order valence-corrected chi connectivity index (χ2v) is 11.4. The maximum atomic E-state index is 14.1.